The van der Waals surface area contributed by atoms with Crippen molar-refractivity contribution >= 4 is 82.4 Å². The number of aromatic nitrogens is 8. The van der Waals surface area contributed by atoms with E-state index in [2.05, 4.69) is 25.8 Å². The molecule has 0 bridgehead atoms. The molecule has 326 valence electrons. The Labute approximate surface area is 364 Å². The SMILES string of the molecule is CCn1nc(C)cc1C(=O)Nc1nc2cc(C(N)=O)cc(OC)c2n1C/C=C/Cn1c(NC(=O)c2cc(C)nn2CC)nc2cc(C(N)=O)cc(OCCCN(C)C)c21.Cl.Cl. The van der Waals surface area contributed by atoms with E-state index in [1.54, 1.807) is 49.7 Å². The summed E-state index contributed by atoms with van der Waals surface area (Å²) in [6.45, 7) is 9.80. The van der Waals surface area contributed by atoms with Gasteiger partial charge in [-0.3, -0.25) is 39.2 Å². The van der Waals surface area contributed by atoms with Gasteiger partial charge in [-0.1, -0.05) is 12.2 Å². The van der Waals surface area contributed by atoms with Crippen molar-refractivity contribution in [1.29, 1.82) is 0 Å². The van der Waals surface area contributed by atoms with Crippen LogP contribution in [0.2, 0.25) is 0 Å². The molecule has 4 heterocycles. The van der Waals surface area contributed by atoms with Gasteiger partial charge in [-0.05, 0) is 84.6 Å². The fourth-order valence-corrected chi connectivity index (χ4v) is 6.75. The average molecular weight is 881 g/mol. The van der Waals surface area contributed by atoms with Gasteiger partial charge in [0.2, 0.25) is 23.7 Å². The number of imidazole rings is 2. The second kappa shape index (κ2) is 20.2. The molecule has 19 nitrogen and oxygen atoms in total. The highest BCUT2D eigenvalue weighted by atomic mass is 35.5. The predicted molar refractivity (Wildman–Crippen MR) is 237 cm³/mol. The van der Waals surface area contributed by atoms with E-state index in [1.807, 2.05) is 51.9 Å². The Bertz CT molecular complexity index is 2610. The number of anilines is 2. The van der Waals surface area contributed by atoms with E-state index in [9.17, 15) is 19.2 Å². The zero-order valence-corrected chi connectivity index (χ0v) is 36.6. The lowest BCUT2D eigenvalue weighted by atomic mass is 10.1. The van der Waals surface area contributed by atoms with Gasteiger partial charge in [-0.2, -0.15) is 10.2 Å². The number of nitrogens with zero attached hydrogens (tertiary/aromatic N) is 9. The Hall–Kier alpha value is -6.44. The van der Waals surface area contributed by atoms with Gasteiger partial charge in [-0.15, -0.1) is 24.8 Å². The van der Waals surface area contributed by atoms with E-state index in [0.29, 0.717) is 82.5 Å². The maximum atomic E-state index is 13.7. The van der Waals surface area contributed by atoms with E-state index in [0.717, 1.165) is 6.54 Å². The highest BCUT2D eigenvalue weighted by molar-refractivity contribution is 6.05. The molecule has 0 aliphatic carbocycles. The molecule has 0 atom stereocenters. The molecule has 0 fully saturated rings. The Morgan fingerprint density at radius 3 is 1.57 bits per heavy atom. The normalized spacial score (nSPS) is 11.2. The Balaban J connectivity index is 0.00000410. The van der Waals surface area contributed by atoms with Crippen LogP contribution in [0.5, 0.6) is 11.5 Å². The Morgan fingerprint density at radius 2 is 1.16 bits per heavy atom. The molecule has 0 saturated heterocycles. The molecule has 4 aromatic heterocycles. The standard InChI is InChI=1S/C40H49N13O6.2ClH/c1-8-52-29(17-23(3)47-52)37(56)45-39-43-27-19-25(35(41)54)21-31(58-7)33(27)50(39)14-10-11-15-51-34-28(20-26(36(42)55)22-32(34)59-16-12-13-49(5)6)44-40(51)46-38(57)30-18-24(4)48-53(30)9-2;;/h10-11,17-22H,8-9,12-16H2,1-7H3,(H2,41,54)(H2,42,55)(H,43,45,56)(H,44,46,57);2*1H/b11-10+;;. The quantitative estimate of drug-likeness (QED) is 0.0689. The minimum atomic E-state index is -0.665. The van der Waals surface area contributed by atoms with Gasteiger partial charge in [0.05, 0.1) is 36.1 Å². The van der Waals surface area contributed by atoms with Crippen LogP contribution in [0.3, 0.4) is 0 Å². The molecule has 0 radical (unpaired) electrons. The molecule has 6 N–H and O–H groups in total. The monoisotopic (exact) mass is 879 g/mol. The summed E-state index contributed by atoms with van der Waals surface area (Å²) in [6.07, 6.45) is 4.41. The molecule has 2 aromatic carbocycles. The van der Waals surface area contributed by atoms with Crippen LogP contribution in [-0.2, 0) is 26.2 Å². The van der Waals surface area contributed by atoms with Crippen LogP contribution in [-0.4, -0.2) is 102 Å². The molecular formula is C40H51Cl2N13O6. The van der Waals surface area contributed by atoms with Crippen LogP contribution in [0.1, 0.15) is 73.3 Å². The lowest BCUT2D eigenvalue weighted by Gasteiger charge is -2.14. The molecule has 0 aliphatic heterocycles. The van der Waals surface area contributed by atoms with Crippen LogP contribution in [0.4, 0.5) is 11.9 Å². The van der Waals surface area contributed by atoms with Crippen molar-refractivity contribution in [2.24, 2.45) is 11.5 Å². The second-order valence-electron chi connectivity index (χ2n) is 14.1. The summed E-state index contributed by atoms with van der Waals surface area (Å²) < 4.78 is 18.7. The number of primary amides is 2. The first-order chi connectivity index (χ1) is 28.2. The fraction of sp³-hybridized carbons (Fsp3) is 0.350. The van der Waals surface area contributed by atoms with Crippen molar-refractivity contribution < 1.29 is 28.7 Å². The van der Waals surface area contributed by atoms with Crippen LogP contribution in [0.15, 0.2) is 48.6 Å². The number of carbonyl (C=O) groups excluding carboxylic acids is 4. The number of fused-ring (bicyclic) bond motifs is 2. The molecular weight excluding hydrogens is 829 g/mol. The summed E-state index contributed by atoms with van der Waals surface area (Å²) in [7, 11) is 5.40. The first-order valence-corrected chi connectivity index (χ1v) is 19.1. The highest BCUT2D eigenvalue weighted by Gasteiger charge is 2.23. The number of allylic oxidation sites excluding steroid dienone is 2. The minimum Gasteiger partial charge on any atom is -0.494 e. The van der Waals surface area contributed by atoms with E-state index in [1.165, 1.54) is 19.2 Å². The third kappa shape index (κ3) is 10.3. The number of ether oxygens (including phenoxy) is 2. The first kappa shape index (κ1) is 47.2. The summed E-state index contributed by atoms with van der Waals surface area (Å²) in [4.78, 5) is 63.5. The molecule has 0 unspecified atom stereocenters. The smallest absolute Gasteiger partial charge is 0.276 e. The molecule has 21 heteroatoms. The molecule has 6 aromatic rings. The second-order valence-corrected chi connectivity index (χ2v) is 14.1. The van der Waals surface area contributed by atoms with Gasteiger partial charge in [0.1, 0.15) is 33.9 Å². The first-order valence-electron chi connectivity index (χ1n) is 19.1. The molecule has 0 aliphatic rings. The Morgan fingerprint density at radius 1 is 0.721 bits per heavy atom. The minimum absolute atomic E-state index is 0. The number of aryl methyl sites for hydroxylation is 4. The average Bonchev–Trinajstić information content (AvgIpc) is 3.96. The number of hydrogen-bond donors (Lipinski definition) is 4. The van der Waals surface area contributed by atoms with E-state index in [4.69, 9.17) is 25.9 Å². The summed E-state index contributed by atoms with van der Waals surface area (Å²) in [5.41, 5.74) is 15.6. The fourth-order valence-electron chi connectivity index (χ4n) is 6.75. The number of carbonyl (C=O) groups is 4. The predicted octanol–water partition coefficient (Wildman–Crippen LogP) is 4.58. The van der Waals surface area contributed by atoms with Gasteiger partial charge in [-0.25, -0.2) is 9.97 Å². The largest absolute Gasteiger partial charge is 0.494 e. The maximum Gasteiger partial charge on any atom is 0.276 e. The number of methoxy groups -OCH3 is 1. The summed E-state index contributed by atoms with van der Waals surface area (Å²) in [5.74, 6) is -1.11. The third-order valence-electron chi connectivity index (χ3n) is 9.47. The Kier molecular flexibility index (Phi) is 15.7. The summed E-state index contributed by atoms with van der Waals surface area (Å²) >= 11 is 0. The van der Waals surface area contributed by atoms with Crippen molar-refractivity contribution in [3.05, 3.63) is 82.5 Å². The number of amides is 4. The molecule has 4 amide bonds. The van der Waals surface area contributed by atoms with Crippen molar-refractivity contribution in [3.63, 3.8) is 0 Å². The molecule has 61 heavy (non-hydrogen) atoms. The highest BCUT2D eigenvalue weighted by Crippen LogP contribution is 2.33. The molecule has 0 spiro atoms. The number of halogens is 2. The molecule has 0 saturated carbocycles. The van der Waals surface area contributed by atoms with Crippen LogP contribution >= 0.6 is 24.8 Å². The van der Waals surface area contributed by atoms with Gasteiger partial charge in [0, 0.05) is 43.9 Å². The van der Waals surface area contributed by atoms with Gasteiger partial charge < -0.3 is 35.0 Å². The van der Waals surface area contributed by atoms with Gasteiger partial charge in [0.15, 0.2) is 0 Å². The van der Waals surface area contributed by atoms with Crippen LogP contribution in [0, 0.1) is 13.8 Å². The van der Waals surface area contributed by atoms with Crippen molar-refractivity contribution in [3.8, 4) is 11.5 Å². The number of rotatable bonds is 18. The van der Waals surface area contributed by atoms with Crippen LogP contribution < -0.4 is 31.6 Å². The molecule has 6 rings (SSSR count). The van der Waals surface area contributed by atoms with Crippen molar-refractivity contribution in [2.75, 3.05) is 45.0 Å². The number of nitrogens with two attached hydrogens (primary N) is 2. The lowest BCUT2D eigenvalue weighted by molar-refractivity contribution is 0.0991. The van der Waals surface area contributed by atoms with Gasteiger partial charge in [0.25, 0.3) is 11.8 Å². The number of nitrogens with one attached hydrogen (secondary N) is 2. The third-order valence-corrected chi connectivity index (χ3v) is 9.47. The number of benzene rings is 2. The van der Waals surface area contributed by atoms with E-state index < -0.39 is 23.6 Å². The number of hydrogen-bond acceptors (Lipinski definition) is 11. The van der Waals surface area contributed by atoms with Gasteiger partial charge >= 0.3 is 0 Å². The maximum absolute atomic E-state index is 13.7. The van der Waals surface area contributed by atoms with E-state index >= 15 is 0 Å². The van der Waals surface area contributed by atoms with Crippen molar-refractivity contribution in [2.45, 2.75) is 60.3 Å². The summed E-state index contributed by atoms with van der Waals surface area (Å²) in [5, 5.41) is 14.7. The lowest BCUT2D eigenvalue weighted by Crippen LogP contribution is -2.20. The summed E-state index contributed by atoms with van der Waals surface area (Å²) in [6, 6.07) is 9.58. The zero-order chi connectivity index (χ0) is 42.5. The van der Waals surface area contributed by atoms with E-state index in [-0.39, 0.29) is 60.9 Å². The van der Waals surface area contributed by atoms with Crippen LogP contribution in [0.25, 0.3) is 22.1 Å². The zero-order valence-electron chi connectivity index (χ0n) is 35.0. The van der Waals surface area contributed by atoms with Crippen molar-refractivity contribution in [1.82, 2.24) is 43.6 Å². The topological polar surface area (TPSA) is 237 Å².